The van der Waals surface area contributed by atoms with E-state index in [2.05, 4.69) is 25.1 Å². The Balaban J connectivity index is 1.54. The van der Waals surface area contributed by atoms with Crippen LogP contribution in [0.4, 0.5) is 0 Å². The number of hydrogen-bond donors (Lipinski definition) is 1. The molecule has 0 radical (unpaired) electrons. The quantitative estimate of drug-likeness (QED) is 0.449. The van der Waals surface area contributed by atoms with Crippen LogP contribution in [0.15, 0.2) is 54.6 Å². The van der Waals surface area contributed by atoms with Crippen LogP contribution in [-0.4, -0.2) is 43.0 Å². The molecule has 0 bridgehead atoms. The highest BCUT2D eigenvalue weighted by molar-refractivity contribution is 5.93. The van der Waals surface area contributed by atoms with Gasteiger partial charge in [0, 0.05) is 23.9 Å². The SMILES string of the molecule is CCc1cc(C(=O)N2CCCc3ccccc3C2C)nc2cc(-c3ccc(C(=O)O)cc3C)nn12. The summed E-state index contributed by atoms with van der Waals surface area (Å²) in [5.41, 5.74) is 7.02. The predicted molar refractivity (Wildman–Crippen MR) is 134 cm³/mol. The van der Waals surface area contributed by atoms with Gasteiger partial charge in [0.05, 0.1) is 17.3 Å². The number of aromatic nitrogens is 3. The molecule has 0 spiro atoms. The average molecular weight is 469 g/mol. The highest BCUT2D eigenvalue weighted by Gasteiger charge is 2.28. The molecule has 1 aliphatic heterocycles. The van der Waals surface area contributed by atoms with Gasteiger partial charge < -0.3 is 10.0 Å². The Kier molecular flexibility index (Phi) is 5.84. The van der Waals surface area contributed by atoms with Gasteiger partial charge >= 0.3 is 5.97 Å². The highest BCUT2D eigenvalue weighted by Crippen LogP contribution is 2.30. The van der Waals surface area contributed by atoms with Gasteiger partial charge in [-0.25, -0.2) is 14.3 Å². The van der Waals surface area contributed by atoms with Crippen LogP contribution >= 0.6 is 0 Å². The molecule has 178 valence electrons. The van der Waals surface area contributed by atoms with Crippen LogP contribution in [0.3, 0.4) is 0 Å². The van der Waals surface area contributed by atoms with E-state index in [1.54, 1.807) is 22.7 Å². The Morgan fingerprint density at radius 3 is 2.66 bits per heavy atom. The van der Waals surface area contributed by atoms with Crippen molar-refractivity contribution in [3.8, 4) is 11.3 Å². The maximum Gasteiger partial charge on any atom is 0.335 e. The maximum absolute atomic E-state index is 13.7. The lowest BCUT2D eigenvalue weighted by molar-refractivity contribution is 0.0683. The summed E-state index contributed by atoms with van der Waals surface area (Å²) in [6, 6.07) is 17.0. The van der Waals surface area contributed by atoms with Gasteiger partial charge in [0.25, 0.3) is 5.91 Å². The fourth-order valence-electron chi connectivity index (χ4n) is 5.01. The van der Waals surface area contributed by atoms with E-state index in [0.29, 0.717) is 30.0 Å². The number of fused-ring (bicyclic) bond motifs is 2. The highest BCUT2D eigenvalue weighted by atomic mass is 16.4. The van der Waals surface area contributed by atoms with Crippen molar-refractivity contribution in [2.45, 2.75) is 46.1 Å². The van der Waals surface area contributed by atoms with E-state index in [-0.39, 0.29) is 17.5 Å². The second-order valence-electron chi connectivity index (χ2n) is 9.10. The van der Waals surface area contributed by atoms with E-state index in [4.69, 9.17) is 10.1 Å². The number of amides is 1. The van der Waals surface area contributed by atoms with Crippen molar-refractivity contribution < 1.29 is 14.7 Å². The lowest BCUT2D eigenvalue weighted by Crippen LogP contribution is -2.34. The Bertz CT molecular complexity index is 1460. The molecule has 1 unspecified atom stereocenters. The minimum absolute atomic E-state index is 0.0276. The smallest absolute Gasteiger partial charge is 0.335 e. The summed E-state index contributed by atoms with van der Waals surface area (Å²) < 4.78 is 1.78. The van der Waals surface area contributed by atoms with Gasteiger partial charge in [-0.2, -0.15) is 5.10 Å². The summed E-state index contributed by atoms with van der Waals surface area (Å²) in [5, 5.41) is 14.0. The largest absolute Gasteiger partial charge is 0.478 e. The molecule has 0 saturated carbocycles. The number of hydrogen-bond acceptors (Lipinski definition) is 4. The first-order chi connectivity index (χ1) is 16.9. The molecule has 1 atom stereocenters. The number of aromatic carboxylic acids is 1. The number of carbonyl (C=O) groups excluding carboxylic acids is 1. The molecule has 7 nitrogen and oxygen atoms in total. The molecular formula is C28H28N4O3. The summed E-state index contributed by atoms with van der Waals surface area (Å²) in [7, 11) is 0. The molecule has 3 heterocycles. The Morgan fingerprint density at radius 2 is 1.91 bits per heavy atom. The van der Waals surface area contributed by atoms with Crippen LogP contribution in [0.1, 0.15) is 69.5 Å². The molecule has 35 heavy (non-hydrogen) atoms. The number of carboxylic acid groups (broad SMARTS) is 1. The van der Waals surface area contributed by atoms with Gasteiger partial charge in [-0.05, 0) is 68.0 Å². The van der Waals surface area contributed by atoms with E-state index in [0.717, 1.165) is 29.7 Å². The van der Waals surface area contributed by atoms with E-state index in [1.165, 1.54) is 11.1 Å². The van der Waals surface area contributed by atoms with E-state index in [1.807, 2.05) is 36.9 Å². The standard InChI is InChI=1S/C28H28N4O3/c1-4-21-15-25(27(33)31-13-7-9-19-8-5-6-10-23(19)18(31)3)29-26-16-24(30-32(21)26)22-12-11-20(28(34)35)14-17(22)2/h5-6,8,10-12,14-16,18H,4,7,9,13H2,1-3H3,(H,34,35). The minimum atomic E-state index is -0.960. The van der Waals surface area contributed by atoms with E-state index >= 15 is 0 Å². The lowest BCUT2D eigenvalue weighted by Gasteiger charge is -2.28. The van der Waals surface area contributed by atoms with Crippen LogP contribution in [0.5, 0.6) is 0 Å². The zero-order valence-electron chi connectivity index (χ0n) is 20.2. The zero-order valence-corrected chi connectivity index (χ0v) is 20.2. The summed E-state index contributed by atoms with van der Waals surface area (Å²) >= 11 is 0. The van der Waals surface area contributed by atoms with Crippen molar-refractivity contribution in [2.75, 3.05) is 6.54 Å². The molecule has 0 aliphatic carbocycles. The molecule has 2 aromatic carbocycles. The zero-order chi connectivity index (χ0) is 24.7. The van der Waals surface area contributed by atoms with Crippen LogP contribution in [0.25, 0.3) is 16.9 Å². The van der Waals surface area contributed by atoms with Crippen molar-refractivity contribution in [2.24, 2.45) is 0 Å². The monoisotopic (exact) mass is 468 g/mol. The molecule has 1 N–H and O–H groups in total. The summed E-state index contributed by atoms with van der Waals surface area (Å²) in [6.07, 6.45) is 2.57. The number of benzene rings is 2. The summed E-state index contributed by atoms with van der Waals surface area (Å²) in [6.45, 7) is 6.67. The van der Waals surface area contributed by atoms with Crippen molar-refractivity contribution in [3.05, 3.63) is 88.2 Å². The third-order valence-corrected chi connectivity index (χ3v) is 6.91. The van der Waals surface area contributed by atoms with Gasteiger partial charge in [-0.3, -0.25) is 4.79 Å². The summed E-state index contributed by atoms with van der Waals surface area (Å²) in [4.78, 5) is 31.6. The fourth-order valence-corrected chi connectivity index (χ4v) is 5.01. The molecule has 0 fully saturated rings. The normalized spacial score (nSPS) is 15.6. The molecular weight excluding hydrogens is 440 g/mol. The van der Waals surface area contributed by atoms with Crippen LogP contribution in [0.2, 0.25) is 0 Å². The van der Waals surface area contributed by atoms with Gasteiger partial charge in [0.15, 0.2) is 5.65 Å². The van der Waals surface area contributed by atoms with Gasteiger partial charge in [0.2, 0.25) is 0 Å². The lowest BCUT2D eigenvalue weighted by atomic mass is 9.99. The molecule has 2 aromatic heterocycles. The molecule has 0 saturated heterocycles. The molecule has 1 amide bonds. The number of carboxylic acids is 1. The van der Waals surface area contributed by atoms with E-state index < -0.39 is 5.97 Å². The fraction of sp³-hybridized carbons (Fsp3) is 0.286. The van der Waals surface area contributed by atoms with E-state index in [9.17, 15) is 14.7 Å². The number of carbonyl (C=O) groups is 2. The van der Waals surface area contributed by atoms with Crippen molar-refractivity contribution in [1.82, 2.24) is 19.5 Å². The Labute approximate surface area is 204 Å². The third kappa shape index (κ3) is 4.07. The number of nitrogens with zero attached hydrogens (tertiary/aromatic N) is 4. The topological polar surface area (TPSA) is 87.8 Å². The van der Waals surface area contributed by atoms with Crippen molar-refractivity contribution in [3.63, 3.8) is 0 Å². The number of rotatable bonds is 4. The first kappa shape index (κ1) is 22.8. The van der Waals surface area contributed by atoms with Gasteiger partial charge in [0.1, 0.15) is 5.69 Å². The van der Waals surface area contributed by atoms with Crippen molar-refractivity contribution in [1.29, 1.82) is 0 Å². The number of aryl methyl sites for hydroxylation is 3. The molecule has 1 aliphatic rings. The van der Waals surface area contributed by atoms with Crippen LogP contribution < -0.4 is 0 Å². The summed E-state index contributed by atoms with van der Waals surface area (Å²) in [5.74, 6) is -1.03. The van der Waals surface area contributed by atoms with Crippen LogP contribution in [-0.2, 0) is 12.8 Å². The first-order valence-electron chi connectivity index (χ1n) is 12.0. The second kappa shape index (κ2) is 8.98. The Morgan fingerprint density at radius 1 is 1.11 bits per heavy atom. The maximum atomic E-state index is 13.7. The van der Waals surface area contributed by atoms with Gasteiger partial charge in [-0.15, -0.1) is 0 Å². The predicted octanol–water partition coefficient (Wildman–Crippen LogP) is 5.11. The second-order valence-corrected chi connectivity index (χ2v) is 9.10. The average Bonchev–Trinajstić information content (AvgIpc) is 3.21. The van der Waals surface area contributed by atoms with Gasteiger partial charge in [-0.1, -0.05) is 37.3 Å². The molecule has 7 heteroatoms. The van der Waals surface area contributed by atoms with Crippen molar-refractivity contribution >= 4 is 17.5 Å². The third-order valence-electron chi connectivity index (χ3n) is 6.91. The molecule has 4 aromatic rings. The Hall–Kier alpha value is -4.00. The first-order valence-corrected chi connectivity index (χ1v) is 12.0. The minimum Gasteiger partial charge on any atom is -0.478 e. The molecule has 5 rings (SSSR count). The van der Waals surface area contributed by atoms with Crippen LogP contribution in [0, 0.1) is 6.92 Å².